The van der Waals surface area contributed by atoms with Gasteiger partial charge in [-0.2, -0.15) is 0 Å². The van der Waals surface area contributed by atoms with Crippen molar-refractivity contribution in [3.63, 3.8) is 0 Å². The Balaban J connectivity index is 2.95. The molecular formula is C14H21NO2. The van der Waals surface area contributed by atoms with Gasteiger partial charge in [-0.25, -0.2) is 0 Å². The summed E-state index contributed by atoms with van der Waals surface area (Å²) in [7, 11) is 0. The molecule has 0 fully saturated rings. The van der Waals surface area contributed by atoms with Crippen molar-refractivity contribution in [3.8, 4) is 0 Å². The van der Waals surface area contributed by atoms with Crippen LogP contribution in [-0.2, 0) is 0 Å². The van der Waals surface area contributed by atoms with Gasteiger partial charge in [-0.1, -0.05) is 12.1 Å². The van der Waals surface area contributed by atoms with Gasteiger partial charge in [-0.05, 0) is 51.8 Å². The van der Waals surface area contributed by atoms with E-state index in [4.69, 9.17) is 0 Å². The number of nitrogens with one attached hydrogen (secondary N) is 1. The van der Waals surface area contributed by atoms with Crippen LogP contribution in [-0.4, -0.2) is 22.7 Å². The molecule has 1 unspecified atom stereocenters. The van der Waals surface area contributed by atoms with Crippen LogP contribution in [0.25, 0.3) is 0 Å². The molecule has 0 aliphatic carbocycles. The van der Waals surface area contributed by atoms with Crippen molar-refractivity contribution in [2.75, 3.05) is 0 Å². The first-order valence-corrected chi connectivity index (χ1v) is 5.82. The maximum Gasteiger partial charge on any atom is 0.252 e. The van der Waals surface area contributed by atoms with E-state index >= 15 is 0 Å². The average molecular weight is 235 g/mol. The fraction of sp³-hybridized carbons (Fsp3) is 0.500. The predicted molar refractivity (Wildman–Crippen MR) is 69.1 cm³/mol. The van der Waals surface area contributed by atoms with Gasteiger partial charge in [-0.15, -0.1) is 0 Å². The van der Waals surface area contributed by atoms with Gasteiger partial charge in [0.15, 0.2) is 0 Å². The fourth-order valence-corrected chi connectivity index (χ4v) is 1.46. The molecule has 1 aromatic rings. The van der Waals surface area contributed by atoms with E-state index in [1.54, 1.807) is 26.8 Å². The minimum Gasteiger partial charge on any atom is -0.391 e. The maximum atomic E-state index is 12.1. The van der Waals surface area contributed by atoms with E-state index in [1.165, 1.54) is 0 Å². The molecule has 1 atom stereocenters. The molecule has 0 bridgehead atoms. The number of aliphatic hydroxyl groups excluding tert-OH is 1. The van der Waals surface area contributed by atoms with E-state index < -0.39 is 11.6 Å². The Morgan fingerprint density at radius 3 is 2.47 bits per heavy atom. The SMILES string of the molecule is Cc1cccc(C(=O)NC(C)(C)C(C)O)c1C. The molecular weight excluding hydrogens is 214 g/mol. The highest BCUT2D eigenvalue weighted by molar-refractivity contribution is 5.96. The van der Waals surface area contributed by atoms with Gasteiger partial charge in [0.05, 0.1) is 11.6 Å². The third-order valence-corrected chi connectivity index (χ3v) is 3.33. The summed E-state index contributed by atoms with van der Waals surface area (Å²) in [6, 6.07) is 5.65. The molecule has 0 aliphatic rings. The Morgan fingerprint density at radius 2 is 1.94 bits per heavy atom. The van der Waals surface area contributed by atoms with Crippen molar-refractivity contribution in [3.05, 3.63) is 34.9 Å². The predicted octanol–water partition coefficient (Wildman–Crippen LogP) is 2.19. The number of carbonyl (C=O) groups is 1. The number of aliphatic hydroxyl groups is 1. The van der Waals surface area contributed by atoms with Gasteiger partial charge in [-0.3, -0.25) is 4.79 Å². The van der Waals surface area contributed by atoms with Crippen molar-refractivity contribution in [2.24, 2.45) is 0 Å². The first kappa shape index (κ1) is 13.7. The Kier molecular flexibility index (Phi) is 3.94. The Labute approximate surface area is 103 Å². The summed E-state index contributed by atoms with van der Waals surface area (Å²) in [4.78, 5) is 12.1. The lowest BCUT2D eigenvalue weighted by atomic mass is 9.96. The summed E-state index contributed by atoms with van der Waals surface area (Å²) in [5, 5.41) is 12.4. The van der Waals surface area contributed by atoms with E-state index in [0.29, 0.717) is 5.56 Å². The first-order valence-electron chi connectivity index (χ1n) is 5.82. The van der Waals surface area contributed by atoms with Gasteiger partial charge < -0.3 is 10.4 Å². The van der Waals surface area contributed by atoms with E-state index in [0.717, 1.165) is 11.1 Å². The van der Waals surface area contributed by atoms with Crippen LogP contribution >= 0.6 is 0 Å². The van der Waals surface area contributed by atoms with Crippen LogP contribution in [0.2, 0.25) is 0 Å². The Morgan fingerprint density at radius 1 is 1.35 bits per heavy atom. The summed E-state index contributed by atoms with van der Waals surface area (Å²) in [5.74, 6) is -0.142. The molecule has 1 amide bonds. The van der Waals surface area contributed by atoms with E-state index in [9.17, 15) is 9.90 Å². The topological polar surface area (TPSA) is 49.3 Å². The summed E-state index contributed by atoms with van der Waals surface area (Å²) in [6.45, 7) is 9.19. The molecule has 1 aromatic carbocycles. The normalized spacial score (nSPS) is 13.3. The lowest BCUT2D eigenvalue weighted by Gasteiger charge is -2.29. The van der Waals surface area contributed by atoms with Crippen LogP contribution in [0.1, 0.15) is 42.3 Å². The van der Waals surface area contributed by atoms with Gasteiger partial charge in [0, 0.05) is 5.56 Å². The molecule has 3 heteroatoms. The first-order chi connectivity index (χ1) is 7.75. The third kappa shape index (κ3) is 3.07. The van der Waals surface area contributed by atoms with Crippen LogP contribution in [0.3, 0.4) is 0 Å². The standard InChI is InChI=1S/C14H21NO2/c1-9-7-6-8-12(10(9)2)13(17)15-14(4,5)11(3)16/h6-8,11,16H,1-5H3,(H,15,17). The number of hydrogen-bond donors (Lipinski definition) is 2. The Hall–Kier alpha value is -1.35. The summed E-state index contributed by atoms with van der Waals surface area (Å²) in [6.07, 6.45) is -0.600. The van der Waals surface area contributed by atoms with E-state index in [2.05, 4.69) is 5.32 Å². The molecule has 17 heavy (non-hydrogen) atoms. The number of amides is 1. The quantitative estimate of drug-likeness (QED) is 0.843. The molecule has 3 nitrogen and oxygen atoms in total. The zero-order valence-corrected chi connectivity index (χ0v) is 11.2. The average Bonchev–Trinajstić information content (AvgIpc) is 2.21. The monoisotopic (exact) mass is 235 g/mol. The molecule has 0 aromatic heterocycles. The summed E-state index contributed by atoms with van der Waals surface area (Å²) < 4.78 is 0. The van der Waals surface area contributed by atoms with Crippen molar-refractivity contribution >= 4 is 5.91 Å². The van der Waals surface area contributed by atoms with E-state index in [-0.39, 0.29) is 5.91 Å². The minimum absolute atomic E-state index is 0.142. The molecule has 94 valence electrons. The molecule has 0 aliphatic heterocycles. The Bertz CT molecular complexity index is 422. The molecule has 2 N–H and O–H groups in total. The molecule has 0 heterocycles. The zero-order valence-electron chi connectivity index (χ0n) is 11.2. The highest BCUT2D eigenvalue weighted by Gasteiger charge is 2.26. The smallest absolute Gasteiger partial charge is 0.252 e. The van der Waals surface area contributed by atoms with Crippen LogP contribution in [0.5, 0.6) is 0 Å². The van der Waals surface area contributed by atoms with Crippen molar-refractivity contribution < 1.29 is 9.90 Å². The third-order valence-electron chi connectivity index (χ3n) is 3.33. The van der Waals surface area contributed by atoms with Gasteiger partial charge in [0.2, 0.25) is 0 Å². The van der Waals surface area contributed by atoms with Crippen LogP contribution < -0.4 is 5.32 Å². The van der Waals surface area contributed by atoms with Gasteiger partial charge in [0.1, 0.15) is 0 Å². The second-order valence-corrected chi connectivity index (χ2v) is 5.10. The molecule has 1 rings (SSSR count). The molecule has 0 saturated carbocycles. The largest absolute Gasteiger partial charge is 0.391 e. The van der Waals surface area contributed by atoms with Crippen LogP contribution in [0, 0.1) is 13.8 Å². The second kappa shape index (κ2) is 4.88. The lowest BCUT2D eigenvalue weighted by Crippen LogP contribution is -2.51. The molecule has 0 radical (unpaired) electrons. The fourth-order valence-electron chi connectivity index (χ4n) is 1.46. The molecule has 0 spiro atoms. The number of rotatable bonds is 3. The van der Waals surface area contributed by atoms with Gasteiger partial charge in [0.25, 0.3) is 5.91 Å². The highest BCUT2D eigenvalue weighted by atomic mass is 16.3. The lowest BCUT2D eigenvalue weighted by molar-refractivity contribution is 0.0709. The van der Waals surface area contributed by atoms with Crippen molar-refractivity contribution in [1.29, 1.82) is 0 Å². The number of aryl methyl sites for hydroxylation is 1. The van der Waals surface area contributed by atoms with E-state index in [1.807, 2.05) is 26.0 Å². The van der Waals surface area contributed by atoms with Crippen LogP contribution in [0.4, 0.5) is 0 Å². The van der Waals surface area contributed by atoms with Crippen molar-refractivity contribution in [1.82, 2.24) is 5.32 Å². The maximum absolute atomic E-state index is 12.1. The highest BCUT2D eigenvalue weighted by Crippen LogP contribution is 2.15. The summed E-state index contributed by atoms with van der Waals surface area (Å²) >= 11 is 0. The zero-order chi connectivity index (χ0) is 13.2. The number of carbonyl (C=O) groups excluding carboxylic acids is 1. The second-order valence-electron chi connectivity index (χ2n) is 5.10. The number of benzene rings is 1. The van der Waals surface area contributed by atoms with Gasteiger partial charge >= 0.3 is 0 Å². The number of hydrogen-bond acceptors (Lipinski definition) is 2. The summed E-state index contributed by atoms with van der Waals surface area (Å²) in [5.41, 5.74) is 2.10. The van der Waals surface area contributed by atoms with Crippen molar-refractivity contribution in [2.45, 2.75) is 46.3 Å². The molecule has 0 saturated heterocycles. The minimum atomic E-state index is -0.632. The van der Waals surface area contributed by atoms with Crippen LogP contribution in [0.15, 0.2) is 18.2 Å².